The van der Waals surface area contributed by atoms with Crippen molar-refractivity contribution in [2.24, 2.45) is 0 Å². The Labute approximate surface area is 212 Å². The predicted molar refractivity (Wildman–Crippen MR) is 140 cm³/mol. The van der Waals surface area contributed by atoms with Crippen molar-refractivity contribution < 1.29 is 18.3 Å². The minimum atomic E-state index is -0.257. The minimum Gasteiger partial charge on any atom is -0.497 e. The lowest BCUT2D eigenvalue weighted by atomic mass is 9.96. The number of methoxy groups -OCH3 is 2. The van der Waals surface area contributed by atoms with Gasteiger partial charge in [-0.3, -0.25) is 9.80 Å². The Bertz CT molecular complexity index is 1120. The highest BCUT2D eigenvalue weighted by Gasteiger charge is 2.26. The molecule has 0 unspecified atom stereocenters. The molecule has 3 aromatic rings. The molecular formula is C30H32F2N2O2. The van der Waals surface area contributed by atoms with Gasteiger partial charge in [0.2, 0.25) is 0 Å². The lowest BCUT2D eigenvalue weighted by Crippen LogP contribution is -2.47. The van der Waals surface area contributed by atoms with Crippen molar-refractivity contribution in [2.75, 3.05) is 46.9 Å². The maximum Gasteiger partial charge on any atom is 0.129 e. The van der Waals surface area contributed by atoms with Crippen LogP contribution in [0.1, 0.15) is 22.7 Å². The summed E-state index contributed by atoms with van der Waals surface area (Å²) in [7, 11) is 3.29. The Hall–Kier alpha value is -3.48. The van der Waals surface area contributed by atoms with Gasteiger partial charge >= 0.3 is 0 Å². The highest BCUT2D eigenvalue weighted by molar-refractivity contribution is 5.60. The summed E-state index contributed by atoms with van der Waals surface area (Å²) in [5, 5.41) is 0. The van der Waals surface area contributed by atoms with Crippen LogP contribution in [-0.4, -0.2) is 56.7 Å². The molecule has 3 aromatic carbocycles. The van der Waals surface area contributed by atoms with E-state index in [9.17, 15) is 8.78 Å². The molecule has 4 nitrogen and oxygen atoms in total. The molecule has 188 valence electrons. The van der Waals surface area contributed by atoms with E-state index >= 15 is 0 Å². The van der Waals surface area contributed by atoms with E-state index in [4.69, 9.17) is 9.47 Å². The number of rotatable bonds is 9. The van der Waals surface area contributed by atoms with Gasteiger partial charge in [0.25, 0.3) is 0 Å². The average molecular weight is 491 g/mol. The molecule has 0 amide bonds. The quantitative estimate of drug-likeness (QED) is 0.346. The van der Waals surface area contributed by atoms with Gasteiger partial charge in [0.1, 0.15) is 23.1 Å². The van der Waals surface area contributed by atoms with Gasteiger partial charge in [-0.05, 0) is 47.5 Å². The number of halogens is 2. The van der Waals surface area contributed by atoms with Crippen molar-refractivity contribution in [1.29, 1.82) is 0 Å². The van der Waals surface area contributed by atoms with Gasteiger partial charge in [-0.25, -0.2) is 8.78 Å². The molecule has 6 heteroatoms. The lowest BCUT2D eigenvalue weighted by Gasteiger charge is -2.39. The van der Waals surface area contributed by atoms with Gasteiger partial charge in [0.05, 0.1) is 20.3 Å². The number of benzene rings is 3. The second kappa shape index (κ2) is 12.5. The van der Waals surface area contributed by atoms with E-state index in [0.717, 1.165) is 60.9 Å². The molecule has 0 radical (unpaired) electrons. The predicted octanol–water partition coefficient (Wildman–Crippen LogP) is 5.96. The van der Waals surface area contributed by atoms with Gasteiger partial charge in [-0.15, -0.1) is 0 Å². The summed E-state index contributed by atoms with van der Waals surface area (Å²) in [4.78, 5) is 4.79. The smallest absolute Gasteiger partial charge is 0.129 e. The summed E-state index contributed by atoms with van der Waals surface area (Å²) < 4.78 is 37.8. The molecule has 1 heterocycles. The summed E-state index contributed by atoms with van der Waals surface area (Å²) in [5.74, 6) is 1.02. The normalized spacial score (nSPS) is 15.2. The highest BCUT2D eigenvalue weighted by atomic mass is 19.1. The maximum atomic E-state index is 13.5. The van der Waals surface area contributed by atoms with Crippen molar-refractivity contribution in [3.63, 3.8) is 0 Å². The largest absolute Gasteiger partial charge is 0.497 e. The van der Waals surface area contributed by atoms with E-state index in [1.165, 1.54) is 24.3 Å². The van der Waals surface area contributed by atoms with Crippen LogP contribution in [-0.2, 0) is 0 Å². The zero-order valence-electron chi connectivity index (χ0n) is 20.7. The summed E-state index contributed by atoms with van der Waals surface area (Å²) in [5.41, 5.74) is 3.01. The molecule has 0 N–H and O–H groups in total. The van der Waals surface area contributed by atoms with Gasteiger partial charge in [0.15, 0.2) is 0 Å². The topological polar surface area (TPSA) is 24.9 Å². The molecule has 0 spiro atoms. The van der Waals surface area contributed by atoms with Gasteiger partial charge in [-0.2, -0.15) is 0 Å². The molecule has 1 fully saturated rings. The van der Waals surface area contributed by atoms with Crippen LogP contribution in [0.15, 0.2) is 85.0 Å². The number of hydrogen-bond donors (Lipinski definition) is 0. The standard InChI is InChI=1S/C30H32F2N2O2/c1-35-28-16-11-23(29(22-28)36-2)6-4-3-5-17-33-18-20-34(21-19-33)30(24-7-12-26(31)13-8-24)25-9-14-27(32)15-10-25/h3-16,22,30H,17-21H2,1-2H3. The fourth-order valence-corrected chi connectivity index (χ4v) is 4.51. The fourth-order valence-electron chi connectivity index (χ4n) is 4.51. The molecule has 4 rings (SSSR count). The SMILES string of the molecule is COc1ccc(C=CC=CCN2CCN(C(c3ccc(F)cc3)c3ccc(F)cc3)CC2)c(OC)c1. The lowest BCUT2D eigenvalue weighted by molar-refractivity contribution is 0.117. The zero-order chi connectivity index (χ0) is 25.3. The molecule has 0 bridgehead atoms. The third kappa shape index (κ3) is 6.59. The minimum absolute atomic E-state index is 0.0358. The molecule has 0 atom stereocenters. The van der Waals surface area contributed by atoms with E-state index < -0.39 is 0 Å². The van der Waals surface area contributed by atoms with Crippen LogP contribution in [0.25, 0.3) is 6.08 Å². The van der Waals surface area contributed by atoms with Crippen molar-refractivity contribution in [1.82, 2.24) is 9.80 Å². The van der Waals surface area contributed by atoms with Gasteiger partial charge in [0, 0.05) is 44.4 Å². The molecule has 36 heavy (non-hydrogen) atoms. The number of ether oxygens (including phenoxy) is 2. The molecule has 1 saturated heterocycles. The monoisotopic (exact) mass is 490 g/mol. The first kappa shape index (κ1) is 25.6. The maximum absolute atomic E-state index is 13.5. The van der Waals surface area contributed by atoms with Crippen molar-refractivity contribution in [2.45, 2.75) is 6.04 Å². The summed E-state index contributed by atoms with van der Waals surface area (Å²) in [6.07, 6.45) is 8.23. The van der Waals surface area contributed by atoms with Crippen LogP contribution in [0, 0.1) is 11.6 Å². The fraction of sp³-hybridized carbons (Fsp3) is 0.267. The third-order valence-corrected chi connectivity index (χ3v) is 6.47. The van der Waals surface area contributed by atoms with Crippen LogP contribution in [0.4, 0.5) is 8.78 Å². The Morgan fingerprint density at radius 1 is 0.778 bits per heavy atom. The summed E-state index contributed by atoms with van der Waals surface area (Å²) >= 11 is 0. The number of nitrogens with zero attached hydrogens (tertiary/aromatic N) is 2. The van der Waals surface area contributed by atoms with E-state index in [1.807, 2.05) is 54.6 Å². The van der Waals surface area contributed by atoms with Gasteiger partial charge < -0.3 is 9.47 Å². The number of allylic oxidation sites excluding steroid dienone is 2. The van der Waals surface area contributed by atoms with Crippen molar-refractivity contribution in [3.05, 3.63) is 113 Å². The van der Waals surface area contributed by atoms with Gasteiger partial charge in [-0.1, -0.05) is 48.6 Å². The molecule has 1 aliphatic rings. The first-order chi connectivity index (χ1) is 17.6. The van der Waals surface area contributed by atoms with Crippen molar-refractivity contribution >= 4 is 6.08 Å². The molecular weight excluding hydrogens is 458 g/mol. The van der Waals surface area contributed by atoms with Crippen LogP contribution >= 0.6 is 0 Å². The number of piperazine rings is 1. The summed E-state index contributed by atoms with van der Waals surface area (Å²) in [6.45, 7) is 4.42. The second-order valence-electron chi connectivity index (χ2n) is 8.74. The van der Waals surface area contributed by atoms with Crippen LogP contribution in [0.2, 0.25) is 0 Å². The Balaban J connectivity index is 1.35. The third-order valence-electron chi connectivity index (χ3n) is 6.47. The molecule has 0 aliphatic carbocycles. The van der Waals surface area contributed by atoms with E-state index in [-0.39, 0.29) is 17.7 Å². The summed E-state index contributed by atoms with van der Waals surface area (Å²) in [6, 6.07) is 19.0. The number of hydrogen-bond acceptors (Lipinski definition) is 4. The van der Waals surface area contributed by atoms with Crippen LogP contribution < -0.4 is 9.47 Å². The molecule has 1 aliphatic heterocycles. The molecule has 0 aromatic heterocycles. The highest BCUT2D eigenvalue weighted by Crippen LogP contribution is 2.30. The van der Waals surface area contributed by atoms with E-state index in [0.29, 0.717) is 0 Å². The molecule has 0 saturated carbocycles. The zero-order valence-corrected chi connectivity index (χ0v) is 20.7. The second-order valence-corrected chi connectivity index (χ2v) is 8.74. The van der Waals surface area contributed by atoms with Crippen molar-refractivity contribution in [3.8, 4) is 11.5 Å². The Morgan fingerprint density at radius 2 is 1.39 bits per heavy atom. The Morgan fingerprint density at radius 3 is 1.94 bits per heavy atom. The first-order valence-corrected chi connectivity index (χ1v) is 12.1. The van der Waals surface area contributed by atoms with Crippen LogP contribution in [0.5, 0.6) is 11.5 Å². The van der Waals surface area contributed by atoms with E-state index in [1.54, 1.807) is 14.2 Å². The average Bonchev–Trinajstić information content (AvgIpc) is 2.91. The first-order valence-electron chi connectivity index (χ1n) is 12.1. The van der Waals surface area contributed by atoms with E-state index in [2.05, 4.69) is 22.0 Å². The Kier molecular flexibility index (Phi) is 8.87. The van der Waals surface area contributed by atoms with Crippen LogP contribution in [0.3, 0.4) is 0 Å².